The van der Waals surface area contributed by atoms with Crippen LogP contribution in [0.3, 0.4) is 0 Å². The molecule has 2 N–H and O–H groups in total. The van der Waals surface area contributed by atoms with Crippen LogP contribution in [0, 0.1) is 12.8 Å². The maximum Gasteiger partial charge on any atom is 0.190 e. The Bertz CT molecular complexity index is 414. The average molecular weight is 421 g/mol. The van der Waals surface area contributed by atoms with Crippen molar-refractivity contribution in [2.75, 3.05) is 20.1 Å². The van der Waals surface area contributed by atoms with Crippen LogP contribution in [0.1, 0.15) is 45.4 Å². The van der Waals surface area contributed by atoms with Gasteiger partial charge in [-0.25, -0.2) is 4.98 Å². The molecule has 5 nitrogen and oxygen atoms in total. The number of hydrogen-bond donors (Lipinski definition) is 2. The summed E-state index contributed by atoms with van der Waals surface area (Å²) in [5.74, 6) is 2.77. The highest BCUT2D eigenvalue weighted by Crippen LogP contribution is 2.01. The van der Waals surface area contributed by atoms with E-state index >= 15 is 0 Å². The molecule has 0 aromatic carbocycles. The van der Waals surface area contributed by atoms with E-state index in [2.05, 4.69) is 39.0 Å². The smallest absolute Gasteiger partial charge is 0.190 e. The summed E-state index contributed by atoms with van der Waals surface area (Å²) in [6, 6.07) is 0. The van der Waals surface area contributed by atoms with Crippen molar-refractivity contribution in [3.63, 3.8) is 0 Å². The summed E-state index contributed by atoms with van der Waals surface area (Å²) < 4.78 is 2.19. The van der Waals surface area contributed by atoms with Crippen LogP contribution in [0.25, 0.3) is 0 Å². The fourth-order valence-corrected chi connectivity index (χ4v) is 2.19. The molecular weight excluding hydrogens is 389 g/mol. The van der Waals surface area contributed by atoms with Crippen LogP contribution in [-0.4, -0.2) is 35.6 Å². The number of imidazole rings is 1. The Kier molecular flexibility index (Phi) is 12.3. The van der Waals surface area contributed by atoms with E-state index in [1.54, 1.807) is 0 Å². The zero-order chi connectivity index (χ0) is 15.5. The van der Waals surface area contributed by atoms with Gasteiger partial charge in [0.05, 0.1) is 0 Å². The van der Waals surface area contributed by atoms with Gasteiger partial charge in [-0.1, -0.05) is 13.8 Å². The number of unbranched alkanes of at least 4 members (excludes halogenated alkanes) is 1. The second-order valence-electron chi connectivity index (χ2n) is 5.84. The summed E-state index contributed by atoms with van der Waals surface area (Å²) in [7, 11) is 1.83. The summed E-state index contributed by atoms with van der Waals surface area (Å²) in [5.41, 5.74) is 0. The second kappa shape index (κ2) is 12.7. The van der Waals surface area contributed by atoms with Crippen LogP contribution in [-0.2, 0) is 6.54 Å². The van der Waals surface area contributed by atoms with E-state index in [4.69, 9.17) is 0 Å². The molecule has 0 amide bonds. The normalized spacial score (nSPS) is 11.4. The van der Waals surface area contributed by atoms with Crippen molar-refractivity contribution >= 4 is 29.9 Å². The highest BCUT2D eigenvalue weighted by molar-refractivity contribution is 14.0. The summed E-state index contributed by atoms with van der Waals surface area (Å²) >= 11 is 0. The first kappa shape index (κ1) is 21.2. The summed E-state index contributed by atoms with van der Waals surface area (Å²) in [4.78, 5) is 8.47. The van der Waals surface area contributed by atoms with Gasteiger partial charge in [0.25, 0.3) is 0 Å². The number of rotatable bonds is 9. The highest BCUT2D eigenvalue weighted by atomic mass is 127. The first-order valence-electron chi connectivity index (χ1n) is 8.05. The minimum absolute atomic E-state index is 0. The van der Waals surface area contributed by atoms with E-state index in [9.17, 15) is 0 Å². The Morgan fingerprint density at radius 1 is 1.23 bits per heavy atom. The number of nitrogens with one attached hydrogen (secondary N) is 2. The van der Waals surface area contributed by atoms with Gasteiger partial charge in [-0.3, -0.25) is 4.99 Å². The third kappa shape index (κ3) is 9.27. The molecule has 1 rings (SSSR count). The molecule has 0 radical (unpaired) electrons. The van der Waals surface area contributed by atoms with Crippen molar-refractivity contribution < 1.29 is 0 Å². The molecule has 128 valence electrons. The fourth-order valence-electron chi connectivity index (χ4n) is 2.19. The molecule has 0 saturated carbocycles. The average Bonchev–Trinajstić information content (AvgIpc) is 2.86. The van der Waals surface area contributed by atoms with Crippen LogP contribution >= 0.6 is 24.0 Å². The van der Waals surface area contributed by atoms with Gasteiger partial charge in [0.1, 0.15) is 5.82 Å². The molecule has 0 spiro atoms. The lowest BCUT2D eigenvalue weighted by Gasteiger charge is -2.12. The Labute approximate surface area is 152 Å². The predicted octanol–water partition coefficient (Wildman–Crippen LogP) is 3.19. The minimum Gasteiger partial charge on any atom is -0.356 e. The number of aliphatic imine (C=N–C) groups is 1. The molecule has 0 saturated heterocycles. The Morgan fingerprint density at radius 2 is 1.91 bits per heavy atom. The fraction of sp³-hybridized carbons (Fsp3) is 0.750. The van der Waals surface area contributed by atoms with Gasteiger partial charge < -0.3 is 15.2 Å². The van der Waals surface area contributed by atoms with Gasteiger partial charge in [0.2, 0.25) is 0 Å². The van der Waals surface area contributed by atoms with Crippen LogP contribution in [0.5, 0.6) is 0 Å². The highest BCUT2D eigenvalue weighted by Gasteiger charge is 1.99. The first-order valence-corrected chi connectivity index (χ1v) is 8.05. The standard InChI is InChI=1S/C16H31N5.HI/c1-14(2)8-7-10-20-16(17-4)19-9-5-6-12-21-13-11-18-15(21)3;/h11,13-14H,5-10,12H2,1-4H3,(H2,17,19,20);1H. The van der Waals surface area contributed by atoms with E-state index < -0.39 is 0 Å². The number of hydrogen-bond acceptors (Lipinski definition) is 2. The zero-order valence-corrected chi connectivity index (χ0v) is 16.8. The van der Waals surface area contributed by atoms with Crippen LogP contribution < -0.4 is 10.6 Å². The molecule has 0 unspecified atom stereocenters. The number of halogens is 1. The van der Waals surface area contributed by atoms with Crippen LogP contribution in [0.15, 0.2) is 17.4 Å². The van der Waals surface area contributed by atoms with Gasteiger partial charge in [0.15, 0.2) is 5.96 Å². The molecule has 1 aromatic rings. The van der Waals surface area contributed by atoms with Gasteiger partial charge in [0, 0.05) is 39.1 Å². The Hall–Kier alpha value is -0.790. The third-order valence-corrected chi connectivity index (χ3v) is 3.52. The Morgan fingerprint density at radius 3 is 2.45 bits per heavy atom. The molecule has 0 fully saturated rings. The predicted molar refractivity (Wildman–Crippen MR) is 105 cm³/mol. The number of guanidine groups is 1. The molecule has 0 atom stereocenters. The second-order valence-corrected chi connectivity index (χ2v) is 5.84. The van der Waals surface area contributed by atoms with Gasteiger partial charge in [-0.15, -0.1) is 24.0 Å². The van der Waals surface area contributed by atoms with Crippen molar-refractivity contribution in [1.29, 1.82) is 0 Å². The van der Waals surface area contributed by atoms with Crippen molar-refractivity contribution in [3.05, 3.63) is 18.2 Å². The lowest BCUT2D eigenvalue weighted by Crippen LogP contribution is -2.38. The van der Waals surface area contributed by atoms with Crippen molar-refractivity contribution in [2.45, 2.75) is 53.0 Å². The number of aromatic nitrogens is 2. The molecule has 0 aliphatic heterocycles. The largest absolute Gasteiger partial charge is 0.356 e. The SMILES string of the molecule is CN=C(NCCCCn1ccnc1C)NCCCC(C)C.I. The molecule has 1 aromatic heterocycles. The molecule has 22 heavy (non-hydrogen) atoms. The van der Waals surface area contributed by atoms with Gasteiger partial charge in [-0.05, 0) is 38.5 Å². The first-order chi connectivity index (χ1) is 10.1. The van der Waals surface area contributed by atoms with Crippen LogP contribution in [0.2, 0.25) is 0 Å². The van der Waals surface area contributed by atoms with Crippen LogP contribution in [0.4, 0.5) is 0 Å². The summed E-state index contributed by atoms with van der Waals surface area (Å²) in [6.45, 7) is 9.54. The number of aryl methyl sites for hydroxylation is 2. The van der Waals surface area contributed by atoms with E-state index in [1.807, 2.05) is 26.4 Å². The van der Waals surface area contributed by atoms with E-state index in [-0.39, 0.29) is 24.0 Å². The Balaban J connectivity index is 0.00000441. The maximum atomic E-state index is 4.25. The quantitative estimate of drug-likeness (QED) is 0.279. The van der Waals surface area contributed by atoms with Crippen molar-refractivity contribution in [2.24, 2.45) is 10.9 Å². The molecule has 0 aliphatic carbocycles. The zero-order valence-electron chi connectivity index (χ0n) is 14.4. The van der Waals surface area contributed by atoms with E-state index in [1.165, 1.54) is 12.8 Å². The monoisotopic (exact) mass is 421 g/mol. The van der Waals surface area contributed by atoms with E-state index in [0.29, 0.717) is 0 Å². The third-order valence-electron chi connectivity index (χ3n) is 3.52. The summed E-state index contributed by atoms with van der Waals surface area (Å²) in [6.07, 6.45) is 8.62. The number of nitrogens with zero attached hydrogens (tertiary/aromatic N) is 3. The van der Waals surface area contributed by atoms with E-state index in [0.717, 1.165) is 50.2 Å². The molecule has 1 heterocycles. The topological polar surface area (TPSA) is 54.2 Å². The van der Waals surface area contributed by atoms with Gasteiger partial charge in [-0.2, -0.15) is 0 Å². The minimum atomic E-state index is 0. The maximum absolute atomic E-state index is 4.25. The molecule has 6 heteroatoms. The molecule has 0 bridgehead atoms. The van der Waals surface area contributed by atoms with Crippen molar-refractivity contribution in [3.8, 4) is 0 Å². The lowest BCUT2D eigenvalue weighted by atomic mass is 10.1. The van der Waals surface area contributed by atoms with Crippen molar-refractivity contribution in [1.82, 2.24) is 20.2 Å². The van der Waals surface area contributed by atoms with Gasteiger partial charge >= 0.3 is 0 Å². The molecule has 0 aliphatic rings. The summed E-state index contributed by atoms with van der Waals surface area (Å²) in [5, 5.41) is 6.73. The molecular formula is C16H32IN5. The lowest BCUT2D eigenvalue weighted by molar-refractivity contribution is 0.547.